The lowest BCUT2D eigenvalue weighted by molar-refractivity contribution is 0.0492. The molecular formula is C8H10NO. The molecule has 1 unspecified atom stereocenters. The maximum Gasteiger partial charge on any atom is 0.103 e. The first-order chi connectivity index (χ1) is 4.84. The Morgan fingerprint density at radius 3 is 2.40 bits per heavy atom. The van der Waals surface area contributed by atoms with E-state index in [-0.39, 0.29) is 6.10 Å². The fourth-order valence-electron chi connectivity index (χ4n) is 0.792. The van der Waals surface area contributed by atoms with Crippen molar-refractivity contribution in [1.29, 1.82) is 0 Å². The van der Waals surface area contributed by atoms with Crippen LogP contribution in [0.5, 0.6) is 0 Å². The third-order valence-corrected chi connectivity index (χ3v) is 1.45. The van der Waals surface area contributed by atoms with Crippen molar-refractivity contribution in [3.63, 3.8) is 0 Å². The van der Waals surface area contributed by atoms with Crippen molar-refractivity contribution in [2.45, 2.75) is 13.0 Å². The smallest absolute Gasteiger partial charge is 0.103 e. The molecule has 0 aliphatic rings. The minimum Gasteiger partial charge on any atom is -0.277 e. The van der Waals surface area contributed by atoms with Gasteiger partial charge >= 0.3 is 0 Å². The van der Waals surface area contributed by atoms with Crippen molar-refractivity contribution < 1.29 is 4.84 Å². The third-order valence-electron chi connectivity index (χ3n) is 1.45. The van der Waals surface area contributed by atoms with E-state index in [2.05, 4.69) is 4.84 Å². The summed E-state index contributed by atoms with van der Waals surface area (Å²) in [6.07, 6.45) is -0.124. The van der Waals surface area contributed by atoms with Crippen LogP contribution in [-0.4, -0.2) is 0 Å². The largest absolute Gasteiger partial charge is 0.277 e. The van der Waals surface area contributed by atoms with E-state index >= 15 is 0 Å². The van der Waals surface area contributed by atoms with Crippen molar-refractivity contribution in [2.24, 2.45) is 0 Å². The lowest BCUT2D eigenvalue weighted by Crippen LogP contribution is -1.96. The molecule has 1 atom stereocenters. The third kappa shape index (κ3) is 1.56. The molecule has 53 valence electrons. The molecule has 0 spiro atoms. The van der Waals surface area contributed by atoms with E-state index in [1.165, 1.54) is 0 Å². The van der Waals surface area contributed by atoms with Gasteiger partial charge in [0.15, 0.2) is 0 Å². The minimum atomic E-state index is -0.124. The molecule has 2 heteroatoms. The summed E-state index contributed by atoms with van der Waals surface area (Å²) in [6, 6.07) is 9.70. The first-order valence-corrected chi connectivity index (χ1v) is 3.22. The first-order valence-electron chi connectivity index (χ1n) is 3.22. The van der Waals surface area contributed by atoms with E-state index < -0.39 is 0 Å². The van der Waals surface area contributed by atoms with Crippen LogP contribution in [0.1, 0.15) is 18.6 Å². The van der Waals surface area contributed by atoms with Crippen LogP contribution in [-0.2, 0) is 4.84 Å². The average Bonchev–Trinajstić information content (AvgIpc) is 2.05. The quantitative estimate of drug-likeness (QED) is 0.572. The highest BCUT2D eigenvalue weighted by atomic mass is 16.6. The highest BCUT2D eigenvalue weighted by Crippen LogP contribution is 2.13. The molecule has 0 aliphatic heterocycles. The Balaban J connectivity index is 2.75. The van der Waals surface area contributed by atoms with Crippen molar-refractivity contribution in [3.8, 4) is 0 Å². The molecule has 10 heavy (non-hydrogen) atoms. The standard InChI is InChI=1S/C8H10NO/c1-7(10-9)8-5-3-2-4-6-8/h2-7,9H,1H3. The number of hydrogen-bond donors (Lipinski definition) is 0. The fraction of sp³-hybridized carbons (Fsp3) is 0.250. The highest BCUT2D eigenvalue weighted by Gasteiger charge is 2.00. The summed E-state index contributed by atoms with van der Waals surface area (Å²) in [5.41, 5.74) is 1.04. The van der Waals surface area contributed by atoms with E-state index in [4.69, 9.17) is 5.90 Å². The normalized spacial score (nSPS) is 13.0. The van der Waals surface area contributed by atoms with Crippen LogP contribution in [0.25, 0.3) is 0 Å². The molecule has 0 amide bonds. The summed E-state index contributed by atoms with van der Waals surface area (Å²) in [4.78, 5) is 4.39. The summed E-state index contributed by atoms with van der Waals surface area (Å²) < 4.78 is 0. The van der Waals surface area contributed by atoms with Crippen LogP contribution in [0.2, 0.25) is 0 Å². The summed E-state index contributed by atoms with van der Waals surface area (Å²) in [6.45, 7) is 1.85. The second-order valence-electron chi connectivity index (χ2n) is 2.17. The summed E-state index contributed by atoms with van der Waals surface area (Å²) in [5.74, 6) is 6.65. The van der Waals surface area contributed by atoms with Gasteiger partial charge in [0, 0.05) is 0 Å². The number of benzene rings is 1. The maximum atomic E-state index is 6.65. The molecule has 1 aromatic rings. The molecule has 0 aromatic heterocycles. The molecule has 0 saturated heterocycles. The van der Waals surface area contributed by atoms with Gasteiger partial charge in [-0.3, -0.25) is 4.84 Å². The van der Waals surface area contributed by atoms with E-state index in [1.54, 1.807) is 0 Å². The first kappa shape index (κ1) is 7.25. The monoisotopic (exact) mass is 136 g/mol. The van der Waals surface area contributed by atoms with Gasteiger partial charge < -0.3 is 0 Å². The van der Waals surface area contributed by atoms with Gasteiger partial charge in [0.2, 0.25) is 0 Å². The zero-order chi connectivity index (χ0) is 7.40. The maximum absolute atomic E-state index is 6.65. The van der Waals surface area contributed by atoms with Gasteiger partial charge in [-0.2, -0.15) is 0 Å². The van der Waals surface area contributed by atoms with Gasteiger partial charge in [0.05, 0.1) is 0 Å². The molecule has 1 radical (unpaired) electrons. The van der Waals surface area contributed by atoms with Crippen LogP contribution < -0.4 is 5.90 Å². The van der Waals surface area contributed by atoms with Crippen molar-refractivity contribution in [1.82, 2.24) is 5.90 Å². The van der Waals surface area contributed by atoms with Gasteiger partial charge in [-0.05, 0) is 12.5 Å². The molecule has 0 saturated carbocycles. The molecule has 2 nitrogen and oxygen atoms in total. The van der Waals surface area contributed by atoms with Crippen molar-refractivity contribution >= 4 is 0 Å². The Morgan fingerprint density at radius 1 is 1.30 bits per heavy atom. The molecule has 1 aromatic carbocycles. The Morgan fingerprint density at radius 2 is 1.90 bits per heavy atom. The topological polar surface area (TPSA) is 33.0 Å². The number of hydrogen-bond acceptors (Lipinski definition) is 1. The Kier molecular flexibility index (Phi) is 2.42. The summed E-state index contributed by atoms with van der Waals surface area (Å²) >= 11 is 0. The average molecular weight is 136 g/mol. The van der Waals surface area contributed by atoms with Gasteiger partial charge in [-0.1, -0.05) is 30.3 Å². The predicted molar refractivity (Wildman–Crippen MR) is 39.0 cm³/mol. The van der Waals surface area contributed by atoms with E-state index in [1.807, 2.05) is 37.3 Å². The molecule has 0 bridgehead atoms. The molecule has 1 N–H and O–H groups in total. The molecule has 0 aliphatic carbocycles. The van der Waals surface area contributed by atoms with Crippen LogP contribution in [0.3, 0.4) is 0 Å². The van der Waals surface area contributed by atoms with E-state index in [9.17, 15) is 0 Å². The summed E-state index contributed by atoms with van der Waals surface area (Å²) in [7, 11) is 0. The van der Waals surface area contributed by atoms with Gasteiger partial charge in [-0.15, -0.1) is 5.90 Å². The second-order valence-corrected chi connectivity index (χ2v) is 2.17. The van der Waals surface area contributed by atoms with E-state index in [0.717, 1.165) is 5.56 Å². The van der Waals surface area contributed by atoms with Gasteiger partial charge in [-0.25, -0.2) is 0 Å². The van der Waals surface area contributed by atoms with Crippen LogP contribution in [0.4, 0.5) is 0 Å². The molecule has 1 rings (SSSR count). The highest BCUT2D eigenvalue weighted by molar-refractivity contribution is 5.16. The van der Waals surface area contributed by atoms with Gasteiger partial charge in [0.25, 0.3) is 0 Å². The van der Waals surface area contributed by atoms with Crippen LogP contribution in [0.15, 0.2) is 30.3 Å². The molecular weight excluding hydrogens is 126 g/mol. The molecule has 0 heterocycles. The van der Waals surface area contributed by atoms with Crippen LogP contribution in [0, 0.1) is 0 Å². The molecule has 0 fully saturated rings. The van der Waals surface area contributed by atoms with Crippen LogP contribution >= 0.6 is 0 Å². The number of rotatable bonds is 2. The predicted octanol–water partition coefficient (Wildman–Crippen LogP) is 1.96. The van der Waals surface area contributed by atoms with Crippen molar-refractivity contribution in [3.05, 3.63) is 35.9 Å². The Hall–Kier alpha value is -0.860. The second kappa shape index (κ2) is 3.34. The van der Waals surface area contributed by atoms with E-state index in [0.29, 0.717) is 0 Å². The number of nitrogens with one attached hydrogen (secondary N) is 1. The lowest BCUT2D eigenvalue weighted by atomic mass is 10.1. The zero-order valence-corrected chi connectivity index (χ0v) is 5.87. The Labute approximate surface area is 60.6 Å². The van der Waals surface area contributed by atoms with Crippen molar-refractivity contribution in [2.75, 3.05) is 0 Å². The Bertz CT molecular complexity index is 186. The minimum absolute atomic E-state index is 0.124. The lowest BCUT2D eigenvalue weighted by Gasteiger charge is -2.05. The fourth-order valence-corrected chi connectivity index (χ4v) is 0.792. The van der Waals surface area contributed by atoms with Gasteiger partial charge in [0.1, 0.15) is 6.10 Å². The summed E-state index contributed by atoms with van der Waals surface area (Å²) in [5, 5.41) is 0. The SMILES string of the molecule is CC(O[NH])c1ccccc1. The zero-order valence-electron chi connectivity index (χ0n) is 5.87.